The van der Waals surface area contributed by atoms with Gasteiger partial charge in [0, 0.05) is 39.4 Å². The molecule has 9 rings (SSSR count). The second-order valence-electron chi connectivity index (χ2n) is 13.5. The first-order chi connectivity index (χ1) is 25.7. The van der Waals surface area contributed by atoms with Gasteiger partial charge in [0.25, 0.3) is 0 Å². The van der Waals surface area contributed by atoms with E-state index in [-0.39, 0.29) is 0 Å². The van der Waals surface area contributed by atoms with E-state index in [0.29, 0.717) is 0 Å². The maximum atomic E-state index is 2.56. The Hall–Kier alpha value is -4.80. The number of benzene rings is 6. The number of allylic oxidation sites excluding steroid dienone is 4. The van der Waals surface area contributed by atoms with E-state index in [0.717, 1.165) is 25.7 Å². The van der Waals surface area contributed by atoms with Crippen LogP contribution in [0.3, 0.4) is 0 Å². The van der Waals surface area contributed by atoms with Crippen molar-refractivity contribution < 1.29 is 0 Å². The topological polar surface area (TPSA) is 0 Å². The standard InChI is InChI=1S/C49H40S3/c1-35-17-8-11-30-46(35)50-47-31-12-9-26-42(47)36-18-14-24-40(33-36)52(38-20-4-2-5-21-38,39-22-6-3-7-23-39)41-25-15-19-37(34-41)43-28-16-29-45-44-27-10-13-32-48(44)51-49(43)45/h2-12,15-17,19-31,33-34H,13-14,18,32H2,1H3. The molecule has 0 amide bonds. The fourth-order valence-electron chi connectivity index (χ4n) is 7.83. The molecule has 0 saturated carbocycles. The van der Waals surface area contributed by atoms with Crippen molar-refractivity contribution in [1.82, 2.24) is 0 Å². The van der Waals surface area contributed by atoms with Crippen LogP contribution in [0.2, 0.25) is 0 Å². The predicted octanol–water partition coefficient (Wildman–Crippen LogP) is 15.0. The van der Waals surface area contributed by atoms with Crippen LogP contribution in [-0.2, 0) is 6.42 Å². The molecule has 2 aliphatic carbocycles. The van der Waals surface area contributed by atoms with Crippen LogP contribution in [0.1, 0.15) is 40.8 Å². The molecular formula is C49H40S3. The van der Waals surface area contributed by atoms with Gasteiger partial charge in [0.2, 0.25) is 0 Å². The summed E-state index contributed by atoms with van der Waals surface area (Å²) >= 11 is 3.87. The van der Waals surface area contributed by atoms with Crippen LogP contribution >= 0.6 is 33.1 Å². The summed E-state index contributed by atoms with van der Waals surface area (Å²) in [7, 11) is -1.87. The number of rotatable bonds is 8. The summed E-state index contributed by atoms with van der Waals surface area (Å²) in [4.78, 5) is 9.64. The molecule has 2 aliphatic rings. The lowest BCUT2D eigenvalue weighted by Gasteiger charge is -2.44. The Morgan fingerprint density at radius 3 is 2.06 bits per heavy atom. The summed E-state index contributed by atoms with van der Waals surface area (Å²) in [6.45, 7) is 2.21. The first kappa shape index (κ1) is 33.1. The maximum absolute atomic E-state index is 2.56. The highest BCUT2D eigenvalue weighted by Gasteiger charge is 2.35. The van der Waals surface area contributed by atoms with Crippen molar-refractivity contribution in [2.45, 2.75) is 57.1 Å². The van der Waals surface area contributed by atoms with Gasteiger partial charge in [0.15, 0.2) is 0 Å². The molecule has 0 bridgehead atoms. The van der Waals surface area contributed by atoms with Gasteiger partial charge in [0.05, 0.1) is 0 Å². The van der Waals surface area contributed by atoms with E-state index in [9.17, 15) is 0 Å². The summed E-state index contributed by atoms with van der Waals surface area (Å²) in [5, 5.41) is 1.38. The number of hydrogen-bond donors (Lipinski definition) is 0. The van der Waals surface area contributed by atoms with E-state index in [1.807, 2.05) is 23.1 Å². The predicted molar refractivity (Wildman–Crippen MR) is 227 cm³/mol. The van der Waals surface area contributed by atoms with Crippen molar-refractivity contribution in [2.24, 2.45) is 0 Å². The molecule has 6 aromatic carbocycles. The molecule has 0 radical (unpaired) electrons. The summed E-state index contributed by atoms with van der Waals surface area (Å²) in [5.74, 6) is 0. The van der Waals surface area contributed by atoms with E-state index < -0.39 is 10.0 Å². The summed E-state index contributed by atoms with van der Waals surface area (Å²) in [6.07, 6.45) is 14.1. The summed E-state index contributed by atoms with van der Waals surface area (Å²) in [5.41, 5.74) is 8.10. The van der Waals surface area contributed by atoms with Gasteiger partial charge in [-0.25, -0.2) is 0 Å². The minimum atomic E-state index is -1.87. The van der Waals surface area contributed by atoms with E-state index in [4.69, 9.17) is 0 Å². The Morgan fingerprint density at radius 1 is 0.596 bits per heavy atom. The molecular weight excluding hydrogens is 685 g/mol. The lowest BCUT2D eigenvalue weighted by atomic mass is 9.97. The summed E-state index contributed by atoms with van der Waals surface area (Å²) in [6, 6.07) is 56.8. The molecule has 0 spiro atoms. The lowest BCUT2D eigenvalue weighted by Crippen LogP contribution is -2.08. The largest absolute Gasteiger partial charge is 0.139 e. The van der Waals surface area contributed by atoms with Gasteiger partial charge in [0.1, 0.15) is 0 Å². The highest BCUT2D eigenvalue weighted by molar-refractivity contribution is 8.37. The molecule has 0 saturated heterocycles. The van der Waals surface area contributed by atoms with E-state index in [1.54, 1.807) is 0 Å². The zero-order valence-corrected chi connectivity index (χ0v) is 31.7. The Morgan fingerprint density at radius 2 is 1.27 bits per heavy atom. The fraction of sp³-hybridized carbons (Fsp3) is 0.102. The van der Waals surface area contributed by atoms with E-state index in [2.05, 4.69) is 183 Å². The van der Waals surface area contributed by atoms with Gasteiger partial charge in [-0.05, 0) is 126 Å². The first-order valence-electron chi connectivity index (χ1n) is 18.2. The number of fused-ring (bicyclic) bond motifs is 3. The van der Waals surface area contributed by atoms with Crippen molar-refractivity contribution in [3.63, 3.8) is 0 Å². The van der Waals surface area contributed by atoms with Crippen LogP contribution in [0.15, 0.2) is 199 Å². The molecule has 1 aromatic heterocycles. The van der Waals surface area contributed by atoms with Gasteiger partial charge in [-0.1, -0.05) is 133 Å². The Labute approximate surface area is 317 Å². The minimum Gasteiger partial charge on any atom is -0.139 e. The molecule has 3 heteroatoms. The zero-order valence-electron chi connectivity index (χ0n) is 29.3. The van der Waals surface area contributed by atoms with Crippen LogP contribution in [0, 0.1) is 6.92 Å². The smallest absolute Gasteiger partial charge is 0.0430 e. The third-order valence-corrected chi connectivity index (χ3v) is 16.8. The van der Waals surface area contributed by atoms with Gasteiger partial charge in [-0.15, -0.1) is 21.4 Å². The fourth-order valence-corrected chi connectivity index (χ4v) is 14.3. The normalized spacial score (nSPS) is 14.5. The number of thiophene rings is 1. The lowest BCUT2D eigenvalue weighted by molar-refractivity contribution is 1.02. The third kappa shape index (κ3) is 5.91. The van der Waals surface area contributed by atoms with Crippen LogP contribution < -0.4 is 0 Å². The Balaban J connectivity index is 1.24. The zero-order chi connectivity index (χ0) is 34.9. The van der Waals surface area contributed by atoms with Crippen molar-refractivity contribution >= 4 is 54.9 Å². The van der Waals surface area contributed by atoms with Crippen molar-refractivity contribution in [2.75, 3.05) is 0 Å². The quantitative estimate of drug-likeness (QED) is 0.150. The van der Waals surface area contributed by atoms with Gasteiger partial charge in [-0.3, -0.25) is 0 Å². The van der Waals surface area contributed by atoms with Gasteiger partial charge in [-0.2, -0.15) is 0 Å². The monoisotopic (exact) mass is 724 g/mol. The summed E-state index contributed by atoms with van der Waals surface area (Å²) < 4.78 is 1.40. The Kier molecular flexibility index (Phi) is 9.10. The van der Waals surface area contributed by atoms with Gasteiger partial charge < -0.3 is 0 Å². The molecule has 7 aromatic rings. The Bertz CT molecular complexity index is 2460. The third-order valence-electron chi connectivity index (χ3n) is 10.3. The molecule has 0 N–H and O–H groups in total. The van der Waals surface area contributed by atoms with Crippen LogP contribution in [0.25, 0.3) is 32.9 Å². The van der Waals surface area contributed by atoms with Crippen LogP contribution in [0.4, 0.5) is 0 Å². The molecule has 0 nitrogen and oxygen atoms in total. The highest BCUT2D eigenvalue weighted by Crippen LogP contribution is 2.74. The molecule has 1 heterocycles. The molecule has 0 aliphatic heterocycles. The van der Waals surface area contributed by atoms with Crippen molar-refractivity contribution in [3.05, 3.63) is 196 Å². The average Bonchev–Trinajstić information content (AvgIpc) is 3.60. The van der Waals surface area contributed by atoms with Gasteiger partial charge >= 0.3 is 0 Å². The van der Waals surface area contributed by atoms with Crippen molar-refractivity contribution in [3.8, 4) is 11.1 Å². The van der Waals surface area contributed by atoms with Crippen LogP contribution in [0.5, 0.6) is 0 Å². The molecule has 254 valence electrons. The molecule has 52 heavy (non-hydrogen) atoms. The second kappa shape index (κ2) is 14.3. The van der Waals surface area contributed by atoms with Crippen LogP contribution in [-0.4, -0.2) is 0 Å². The average molecular weight is 725 g/mol. The maximum Gasteiger partial charge on any atom is 0.0430 e. The molecule has 0 atom stereocenters. The van der Waals surface area contributed by atoms with Crippen molar-refractivity contribution in [1.29, 1.82) is 0 Å². The number of aryl methyl sites for hydroxylation is 2. The highest BCUT2D eigenvalue weighted by atomic mass is 32.3. The molecule has 0 fully saturated rings. The molecule has 0 unspecified atom stereocenters. The minimum absolute atomic E-state index is 1.01. The second-order valence-corrected chi connectivity index (χ2v) is 18.8. The van der Waals surface area contributed by atoms with E-state index >= 15 is 0 Å². The first-order valence-corrected chi connectivity index (χ1v) is 21.5. The van der Waals surface area contributed by atoms with E-state index in [1.165, 1.54) is 77.7 Å². The number of hydrogen-bond acceptors (Lipinski definition) is 2. The SMILES string of the molecule is Cc1ccccc1Sc1ccccc1C1=CC(S(c2ccccc2)(c2ccccc2)c2cccc(-c3cccc4c5c(sc34)CCC=C5)c2)=CCC1.